The van der Waals surface area contributed by atoms with Gasteiger partial charge in [-0.25, -0.2) is 9.78 Å². The Labute approximate surface area is 177 Å². The number of likely N-dealkylation sites (tertiary alicyclic amines) is 1. The number of anilines is 1. The van der Waals surface area contributed by atoms with Crippen LogP contribution in [-0.4, -0.2) is 51.1 Å². The summed E-state index contributed by atoms with van der Waals surface area (Å²) in [6, 6.07) is 12.2. The highest BCUT2D eigenvalue weighted by atomic mass is 16.2. The summed E-state index contributed by atoms with van der Waals surface area (Å²) < 4.78 is 2.01. The lowest BCUT2D eigenvalue weighted by atomic mass is 10.0. The van der Waals surface area contributed by atoms with E-state index in [2.05, 4.69) is 37.6 Å². The minimum absolute atomic E-state index is 0.132. The van der Waals surface area contributed by atoms with Crippen molar-refractivity contribution in [1.82, 2.24) is 24.8 Å². The van der Waals surface area contributed by atoms with Crippen LogP contribution in [0.5, 0.6) is 0 Å². The molecule has 0 radical (unpaired) electrons. The second kappa shape index (κ2) is 10.0. The number of rotatable bonds is 7. The number of aromatic nitrogens is 3. The van der Waals surface area contributed by atoms with Gasteiger partial charge in [0.25, 0.3) is 0 Å². The van der Waals surface area contributed by atoms with E-state index in [1.54, 1.807) is 12.5 Å². The summed E-state index contributed by atoms with van der Waals surface area (Å²) in [5.41, 5.74) is 3.29. The zero-order valence-electron chi connectivity index (χ0n) is 17.1. The topological polar surface area (TPSA) is 75.1 Å². The molecule has 7 nitrogen and oxygen atoms in total. The van der Waals surface area contributed by atoms with E-state index in [1.807, 2.05) is 47.4 Å². The van der Waals surface area contributed by atoms with Crippen molar-refractivity contribution in [1.29, 1.82) is 0 Å². The second-order valence-corrected chi connectivity index (χ2v) is 7.75. The van der Waals surface area contributed by atoms with Crippen LogP contribution in [0.15, 0.2) is 67.5 Å². The molecule has 0 saturated carbocycles. The molecule has 7 heteroatoms. The summed E-state index contributed by atoms with van der Waals surface area (Å²) in [7, 11) is 0. The van der Waals surface area contributed by atoms with Crippen molar-refractivity contribution in [2.45, 2.75) is 31.8 Å². The molecule has 2 aromatic heterocycles. The Morgan fingerprint density at radius 2 is 1.73 bits per heavy atom. The van der Waals surface area contributed by atoms with Gasteiger partial charge in [0.1, 0.15) is 0 Å². The molecule has 1 aromatic carbocycles. The van der Waals surface area contributed by atoms with Gasteiger partial charge >= 0.3 is 6.03 Å². The molecule has 0 atom stereocenters. The number of pyridine rings is 1. The van der Waals surface area contributed by atoms with Crippen LogP contribution in [0.2, 0.25) is 0 Å². The third kappa shape index (κ3) is 5.90. The quantitative estimate of drug-likeness (QED) is 0.634. The van der Waals surface area contributed by atoms with Gasteiger partial charge in [-0.1, -0.05) is 12.1 Å². The zero-order valence-corrected chi connectivity index (χ0v) is 17.1. The fourth-order valence-electron chi connectivity index (χ4n) is 3.77. The van der Waals surface area contributed by atoms with Crippen LogP contribution in [0.3, 0.4) is 0 Å². The Bertz CT molecular complexity index is 903. The summed E-state index contributed by atoms with van der Waals surface area (Å²) in [6.07, 6.45) is 12.2. The first-order chi connectivity index (χ1) is 14.7. The minimum atomic E-state index is -0.132. The molecule has 1 saturated heterocycles. The molecule has 2 amide bonds. The molecule has 2 N–H and O–H groups in total. The number of nitrogens with one attached hydrogen (secondary N) is 2. The highest BCUT2D eigenvalue weighted by Crippen LogP contribution is 2.13. The lowest BCUT2D eigenvalue weighted by Crippen LogP contribution is -2.46. The summed E-state index contributed by atoms with van der Waals surface area (Å²) in [6.45, 7) is 3.85. The van der Waals surface area contributed by atoms with Gasteiger partial charge in [-0.15, -0.1) is 0 Å². The number of urea groups is 1. The van der Waals surface area contributed by atoms with Crippen LogP contribution in [0, 0.1) is 0 Å². The molecule has 156 valence electrons. The predicted molar refractivity (Wildman–Crippen MR) is 117 cm³/mol. The molecule has 4 rings (SSSR count). The van der Waals surface area contributed by atoms with Gasteiger partial charge in [-0.05, 0) is 54.7 Å². The Morgan fingerprint density at radius 3 is 2.43 bits per heavy atom. The SMILES string of the molecule is O=C(Nc1ccc(Cn2ccnc2)cc1)NC1CCN(CCc2ccncc2)CC1. The summed E-state index contributed by atoms with van der Waals surface area (Å²) in [4.78, 5) is 22.9. The number of hydrogen-bond acceptors (Lipinski definition) is 4. The molecule has 1 aliphatic rings. The van der Waals surface area contributed by atoms with E-state index in [9.17, 15) is 4.79 Å². The van der Waals surface area contributed by atoms with Gasteiger partial charge in [0.2, 0.25) is 0 Å². The van der Waals surface area contributed by atoms with E-state index in [-0.39, 0.29) is 12.1 Å². The summed E-state index contributed by atoms with van der Waals surface area (Å²) in [5.74, 6) is 0. The maximum atomic E-state index is 12.4. The molecule has 30 heavy (non-hydrogen) atoms. The van der Waals surface area contributed by atoms with Gasteiger partial charge in [0, 0.05) is 62.7 Å². The highest BCUT2D eigenvalue weighted by Gasteiger charge is 2.20. The number of amides is 2. The molecule has 1 aliphatic heterocycles. The first-order valence-corrected chi connectivity index (χ1v) is 10.5. The van der Waals surface area contributed by atoms with Gasteiger partial charge < -0.3 is 20.1 Å². The third-order valence-electron chi connectivity index (χ3n) is 5.53. The van der Waals surface area contributed by atoms with Crippen LogP contribution in [0.1, 0.15) is 24.0 Å². The highest BCUT2D eigenvalue weighted by molar-refractivity contribution is 5.89. The van der Waals surface area contributed by atoms with Gasteiger partial charge in [-0.3, -0.25) is 4.98 Å². The van der Waals surface area contributed by atoms with E-state index < -0.39 is 0 Å². The number of carbonyl (C=O) groups excluding carboxylic acids is 1. The average molecular weight is 405 g/mol. The Kier molecular flexibility index (Phi) is 6.72. The normalized spacial score (nSPS) is 15.1. The van der Waals surface area contributed by atoms with E-state index in [0.717, 1.165) is 56.7 Å². The molecule has 0 aliphatic carbocycles. The van der Waals surface area contributed by atoms with Crippen LogP contribution < -0.4 is 10.6 Å². The van der Waals surface area contributed by atoms with Gasteiger partial charge in [0.15, 0.2) is 0 Å². The van der Waals surface area contributed by atoms with E-state index in [1.165, 1.54) is 5.56 Å². The average Bonchev–Trinajstić information content (AvgIpc) is 3.28. The van der Waals surface area contributed by atoms with Gasteiger partial charge in [-0.2, -0.15) is 0 Å². The standard InChI is InChI=1S/C23H28N6O/c30-23(26-21-3-1-20(2-4-21)17-29-16-12-25-18-29)27-22-8-14-28(15-9-22)13-7-19-5-10-24-11-6-19/h1-6,10-12,16,18,22H,7-9,13-15,17H2,(H2,26,27,30). The summed E-state index contributed by atoms with van der Waals surface area (Å²) in [5, 5.41) is 6.06. The molecular formula is C23H28N6O. The molecule has 1 fully saturated rings. The maximum Gasteiger partial charge on any atom is 0.319 e. The molecule has 0 spiro atoms. The van der Waals surface area contributed by atoms with Crippen LogP contribution in [0.4, 0.5) is 10.5 Å². The Hall–Kier alpha value is -3.19. The number of nitrogens with zero attached hydrogens (tertiary/aromatic N) is 4. The smallest absolute Gasteiger partial charge is 0.319 e. The fourth-order valence-corrected chi connectivity index (χ4v) is 3.77. The van der Waals surface area contributed by atoms with E-state index in [0.29, 0.717) is 0 Å². The number of imidazole rings is 1. The van der Waals surface area contributed by atoms with Gasteiger partial charge in [0.05, 0.1) is 6.33 Å². The molecule has 0 bridgehead atoms. The second-order valence-electron chi connectivity index (χ2n) is 7.75. The lowest BCUT2D eigenvalue weighted by molar-refractivity contribution is 0.197. The molecule has 3 heterocycles. The van der Waals surface area contributed by atoms with Crippen molar-refractivity contribution >= 4 is 11.7 Å². The minimum Gasteiger partial charge on any atom is -0.335 e. The maximum absolute atomic E-state index is 12.4. The number of carbonyl (C=O) groups is 1. The van der Waals surface area contributed by atoms with Crippen molar-refractivity contribution in [3.8, 4) is 0 Å². The van der Waals surface area contributed by atoms with E-state index >= 15 is 0 Å². The van der Waals surface area contributed by atoms with Crippen molar-refractivity contribution < 1.29 is 4.79 Å². The predicted octanol–water partition coefficient (Wildman–Crippen LogP) is 3.16. The van der Waals surface area contributed by atoms with Crippen LogP contribution >= 0.6 is 0 Å². The summed E-state index contributed by atoms with van der Waals surface area (Å²) >= 11 is 0. The number of piperidine rings is 1. The zero-order chi connectivity index (χ0) is 20.6. The van der Waals surface area contributed by atoms with Crippen molar-refractivity contribution in [3.05, 3.63) is 78.6 Å². The lowest BCUT2D eigenvalue weighted by Gasteiger charge is -2.32. The molecule has 0 unspecified atom stereocenters. The fraction of sp³-hybridized carbons (Fsp3) is 0.348. The largest absolute Gasteiger partial charge is 0.335 e. The van der Waals surface area contributed by atoms with Crippen LogP contribution in [0.25, 0.3) is 0 Å². The van der Waals surface area contributed by atoms with E-state index in [4.69, 9.17) is 0 Å². The van der Waals surface area contributed by atoms with Crippen molar-refractivity contribution in [2.75, 3.05) is 25.0 Å². The van der Waals surface area contributed by atoms with Crippen LogP contribution in [-0.2, 0) is 13.0 Å². The number of benzene rings is 1. The van der Waals surface area contributed by atoms with Crippen molar-refractivity contribution in [3.63, 3.8) is 0 Å². The first-order valence-electron chi connectivity index (χ1n) is 10.5. The third-order valence-corrected chi connectivity index (χ3v) is 5.53. The molecular weight excluding hydrogens is 376 g/mol. The first kappa shape index (κ1) is 20.1. The Morgan fingerprint density at radius 1 is 0.967 bits per heavy atom. The van der Waals surface area contributed by atoms with Crippen molar-refractivity contribution in [2.24, 2.45) is 0 Å². The Balaban J connectivity index is 1.17. The number of hydrogen-bond donors (Lipinski definition) is 2. The molecule has 3 aromatic rings. The monoisotopic (exact) mass is 404 g/mol.